The van der Waals surface area contributed by atoms with Crippen molar-refractivity contribution in [1.82, 2.24) is 25.0 Å². The molecule has 2 aromatic heterocycles. The zero-order valence-electron chi connectivity index (χ0n) is 17.3. The average molecular weight is 415 g/mol. The van der Waals surface area contributed by atoms with Crippen molar-refractivity contribution in [3.63, 3.8) is 0 Å². The van der Waals surface area contributed by atoms with Crippen LogP contribution in [-0.4, -0.2) is 43.4 Å². The highest BCUT2D eigenvalue weighted by atomic mass is 16.2. The highest BCUT2D eigenvalue weighted by Gasteiger charge is 2.39. The Morgan fingerprint density at radius 2 is 1.90 bits per heavy atom. The second-order valence-corrected chi connectivity index (χ2v) is 7.99. The Morgan fingerprint density at radius 3 is 2.68 bits per heavy atom. The zero-order valence-corrected chi connectivity index (χ0v) is 17.3. The molecule has 0 unspecified atom stereocenters. The molecular weight excluding hydrogens is 394 g/mol. The summed E-state index contributed by atoms with van der Waals surface area (Å²) < 4.78 is 1.83. The van der Waals surface area contributed by atoms with Gasteiger partial charge in [0.25, 0.3) is 5.91 Å². The highest BCUT2D eigenvalue weighted by Crippen LogP contribution is 2.35. The van der Waals surface area contributed by atoms with Crippen LogP contribution in [0, 0.1) is 6.92 Å². The molecule has 2 aliphatic heterocycles. The molecule has 3 aromatic rings. The third kappa shape index (κ3) is 3.20. The number of amides is 3. The van der Waals surface area contributed by atoms with Gasteiger partial charge in [0.2, 0.25) is 11.8 Å². The number of aromatic nitrogens is 3. The standard InChI is InChI=1S/C23H21N5O3/c1-13-9-15(7-8-24-13)21-18(11-25-27(21)2)14-3-4-17-16(10-14)12-28(23(17)31)19-5-6-20(29)26-22(19)30/h3-4,7-11,19H,5-6,12H2,1-2H3,(H,26,29,30)/t19-/m0/s1. The molecule has 5 rings (SSSR count). The SMILES string of the molecule is Cc1cc(-c2c(-c3ccc4c(c3)CN([C@H]3CCC(=O)NC3=O)C4=O)cnn2C)ccn1. The lowest BCUT2D eigenvalue weighted by molar-refractivity contribution is -0.136. The van der Waals surface area contributed by atoms with Gasteiger partial charge in [-0.1, -0.05) is 6.07 Å². The number of nitrogens with zero attached hydrogens (tertiary/aromatic N) is 4. The number of rotatable bonds is 3. The summed E-state index contributed by atoms with van der Waals surface area (Å²) in [5.41, 5.74) is 6.29. The van der Waals surface area contributed by atoms with E-state index in [0.717, 1.165) is 33.6 Å². The van der Waals surface area contributed by atoms with Crippen LogP contribution < -0.4 is 5.32 Å². The van der Waals surface area contributed by atoms with Crippen LogP contribution in [0.25, 0.3) is 22.4 Å². The van der Waals surface area contributed by atoms with Crippen LogP contribution in [0.4, 0.5) is 0 Å². The number of pyridine rings is 1. The van der Waals surface area contributed by atoms with Crippen molar-refractivity contribution < 1.29 is 14.4 Å². The first kappa shape index (κ1) is 19.2. The van der Waals surface area contributed by atoms with E-state index in [2.05, 4.69) is 15.4 Å². The molecular formula is C23H21N5O3. The maximum atomic E-state index is 12.9. The van der Waals surface area contributed by atoms with Crippen LogP contribution in [0.5, 0.6) is 0 Å². The van der Waals surface area contributed by atoms with Gasteiger partial charge in [-0.25, -0.2) is 0 Å². The van der Waals surface area contributed by atoms with Crippen molar-refractivity contribution in [3.05, 3.63) is 59.5 Å². The molecule has 0 radical (unpaired) electrons. The van der Waals surface area contributed by atoms with Crippen molar-refractivity contribution in [3.8, 4) is 22.4 Å². The average Bonchev–Trinajstić information content (AvgIpc) is 3.28. The Kier molecular flexibility index (Phi) is 4.43. The van der Waals surface area contributed by atoms with Crippen LogP contribution in [0.1, 0.15) is 34.5 Å². The predicted molar refractivity (Wildman–Crippen MR) is 113 cm³/mol. The van der Waals surface area contributed by atoms with Crippen molar-refractivity contribution in [2.24, 2.45) is 7.05 Å². The van der Waals surface area contributed by atoms with E-state index in [-0.39, 0.29) is 18.2 Å². The Bertz CT molecular complexity index is 1250. The van der Waals surface area contributed by atoms with E-state index < -0.39 is 11.9 Å². The Labute approximate surface area is 178 Å². The molecule has 2 aliphatic rings. The van der Waals surface area contributed by atoms with Crippen LogP contribution >= 0.6 is 0 Å². The summed E-state index contributed by atoms with van der Waals surface area (Å²) in [6, 6.07) is 9.08. The molecule has 0 saturated carbocycles. The molecule has 1 saturated heterocycles. The predicted octanol–water partition coefficient (Wildman–Crippen LogP) is 2.22. The third-order valence-electron chi connectivity index (χ3n) is 5.94. The minimum Gasteiger partial charge on any atom is -0.322 e. The lowest BCUT2D eigenvalue weighted by Gasteiger charge is -2.29. The van der Waals surface area contributed by atoms with Crippen LogP contribution in [0.15, 0.2) is 42.7 Å². The molecule has 1 fully saturated rings. The second-order valence-electron chi connectivity index (χ2n) is 7.99. The molecule has 0 aliphatic carbocycles. The van der Waals surface area contributed by atoms with E-state index in [4.69, 9.17) is 0 Å². The number of carbonyl (C=O) groups is 3. The fraction of sp³-hybridized carbons (Fsp3) is 0.261. The molecule has 8 heteroatoms. The van der Waals surface area contributed by atoms with E-state index in [9.17, 15) is 14.4 Å². The number of nitrogens with one attached hydrogen (secondary N) is 1. The van der Waals surface area contributed by atoms with Crippen molar-refractivity contribution >= 4 is 17.7 Å². The van der Waals surface area contributed by atoms with Crippen molar-refractivity contribution in [2.45, 2.75) is 32.4 Å². The first-order valence-electron chi connectivity index (χ1n) is 10.2. The molecule has 0 bridgehead atoms. The van der Waals surface area contributed by atoms with Crippen molar-refractivity contribution in [1.29, 1.82) is 0 Å². The molecule has 31 heavy (non-hydrogen) atoms. The molecule has 1 aromatic carbocycles. The van der Waals surface area contributed by atoms with Gasteiger partial charge in [0.05, 0.1) is 11.9 Å². The van der Waals surface area contributed by atoms with E-state index in [1.165, 1.54) is 0 Å². The summed E-state index contributed by atoms with van der Waals surface area (Å²) >= 11 is 0. The highest BCUT2D eigenvalue weighted by molar-refractivity contribution is 6.05. The second kappa shape index (κ2) is 7.16. The number of fused-ring (bicyclic) bond motifs is 1. The summed E-state index contributed by atoms with van der Waals surface area (Å²) in [5.74, 6) is -0.865. The summed E-state index contributed by atoms with van der Waals surface area (Å²) in [6.07, 6.45) is 4.19. The summed E-state index contributed by atoms with van der Waals surface area (Å²) in [7, 11) is 1.90. The van der Waals surface area contributed by atoms with Gasteiger partial charge < -0.3 is 4.90 Å². The fourth-order valence-corrected chi connectivity index (χ4v) is 4.43. The lowest BCUT2D eigenvalue weighted by atomic mass is 9.98. The van der Waals surface area contributed by atoms with Gasteiger partial charge in [-0.2, -0.15) is 5.10 Å². The van der Waals surface area contributed by atoms with Gasteiger partial charge in [-0.15, -0.1) is 0 Å². The molecule has 4 heterocycles. The number of hydrogen-bond donors (Lipinski definition) is 1. The number of piperidine rings is 1. The van der Waals surface area contributed by atoms with Gasteiger partial charge in [0, 0.05) is 48.6 Å². The van der Waals surface area contributed by atoms with Gasteiger partial charge >= 0.3 is 0 Å². The number of aryl methyl sites for hydroxylation is 2. The van der Waals surface area contributed by atoms with Gasteiger partial charge in [0.15, 0.2) is 0 Å². The molecule has 8 nitrogen and oxygen atoms in total. The molecule has 3 amide bonds. The zero-order chi connectivity index (χ0) is 21.7. The van der Waals surface area contributed by atoms with Gasteiger partial charge in [0.1, 0.15) is 6.04 Å². The van der Waals surface area contributed by atoms with Gasteiger partial charge in [-0.05, 0) is 48.7 Å². The van der Waals surface area contributed by atoms with E-state index in [1.807, 2.05) is 55.2 Å². The van der Waals surface area contributed by atoms with E-state index >= 15 is 0 Å². The Morgan fingerprint density at radius 1 is 1.06 bits per heavy atom. The number of benzene rings is 1. The smallest absolute Gasteiger partial charge is 0.255 e. The number of carbonyl (C=O) groups excluding carboxylic acids is 3. The van der Waals surface area contributed by atoms with Crippen LogP contribution in [-0.2, 0) is 23.2 Å². The monoisotopic (exact) mass is 415 g/mol. The van der Waals surface area contributed by atoms with E-state index in [1.54, 1.807) is 11.1 Å². The van der Waals surface area contributed by atoms with Crippen molar-refractivity contribution in [2.75, 3.05) is 0 Å². The maximum absolute atomic E-state index is 12.9. The Balaban J connectivity index is 1.50. The number of hydrogen-bond acceptors (Lipinski definition) is 5. The largest absolute Gasteiger partial charge is 0.322 e. The normalized spacial score (nSPS) is 18.3. The molecule has 1 atom stereocenters. The summed E-state index contributed by atoms with van der Waals surface area (Å²) in [6.45, 7) is 2.29. The molecule has 1 N–H and O–H groups in total. The van der Waals surface area contributed by atoms with Crippen LogP contribution in [0.3, 0.4) is 0 Å². The Hall–Kier alpha value is -3.81. The first-order chi connectivity index (χ1) is 14.9. The first-order valence-corrected chi connectivity index (χ1v) is 10.2. The minimum atomic E-state index is -0.616. The maximum Gasteiger partial charge on any atom is 0.255 e. The summed E-state index contributed by atoms with van der Waals surface area (Å²) in [5, 5.41) is 6.78. The quantitative estimate of drug-likeness (QED) is 0.662. The fourth-order valence-electron chi connectivity index (χ4n) is 4.43. The topological polar surface area (TPSA) is 97.2 Å². The molecule has 0 spiro atoms. The van der Waals surface area contributed by atoms with Gasteiger partial charge in [-0.3, -0.25) is 29.4 Å². The lowest BCUT2D eigenvalue weighted by Crippen LogP contribution is -2.52. The van der Waals surface area contributed by atoms with Crippen LogP contribution in [0.2, 0.25) is 0 Å². The van der Waals surface area contributed by atoms with E-state index in [0.29, 0.717) is 18.5 Å². The summed E-state index contributed by atoms with van der Waals surface area (Å²) in [4.78, 5) is 42.5. The minimum absolute atomic E-state index is 0.174. The third-order valence-corrected chi connectivity index (χ3v) is 5.94. The molecule has 156 valence electrons. The number of imide groups is 1.